The van der Waals surface area contributed by atoms with Crippen molar-refractivity contribution in [1.29, 1.82) is 0 Å². The molecule has 2 N–H and O–H groups in total. The van der Waals surface area contributed by atoms with Gasteiger partial charge in [0.2, 0.25) is 0 Å². The summed E-state index contributed by atoms with van der Waals surface area (Å²) in [7, 11) is 3.42. The molecule has 5 nitrogen and oxygen atoms in total. The fourth-order valence-electron chi connectivity index (χ4n) is 0.881. The van der Waals surface area contributed by atoms with E-state index in [0.29, 0.717) is 6.54 Å². The van der Waals surface area contributed by atoms with Gasteiger partial charge in [0.25, 0.3) is 0 Å². The van der Waals surface area contributed by atoms with Gasteiger partial charge in [0.05, 0.1) is 0 Å². The molecule has 0 bridgehead atoms. The molecular weight excluding hydrogens is 168 g/mol. The third-order valence-corrected chi connectivity index (χ3v) is 1.60. The predicted molar refractivity (Wildman–Crippen MR) is 49.4 cm³/mol. The maximum Gasteiger partial charge on any atom is 0.316 e. The number of nitrogens with zero attached hydrogens (tertiary/aromatic N) is 2. The summed E-state index contributed by atoms with van der Waals surface area (Å²) in [5.74, 6) is 0.888. The minimum Gasteiger partial charge on any atom is -0.349 e. The maximum atomic E-state index is 11.1. The average molecular weight is 182 g/mol. The molecule has 1 rings (SSSR count). The van der Waals surface area contributed by atoms with E-state index in [2.05, 4.69) is 15.3 Å². The smallest absolute Gasteiger partial charge is 0.316 e. The van der Waals surface area contributed by atoms with Gasteiger partial charge < -0.3 is 15.2 Å². The topological polar surface area (TPSA) is 61.0 Å². The lowest BCUT2D eigenvalue weighted by molar-refractivity contribution is 0.217. The maximum absolute atomic E-state index is 11.1. The molecule has 0 atom stereocenters. The Morgan fingerprint density at radius 2 is 2.46 bits per heavy atom. The van der Waals surface area contributed by atoms with Crippen LogP contribution in [0.1, 0.15) is 5.82 Å². The van der Waals surface area contributed by atoms with Gasteiger partial charge in [-0.2, -0.15) is 0 Å². The van der Waals surface area contributed by atoms with Gasteiger partial charge >= 0.3 is 6.03 Å². The first-order chi connectivity index (χ1) is 6.20. The van der Waals surface area contributed by atoms with E-state index in [9.17, 15) is 4.79 Å². The second kappa shape index (κ2) is 4.49. The van der Waals surface area contributed by atoms with Gasteiger partial charge in [-0.1, -0.05) is 0 Å². The monoisotopic (exact) mass is 182 g/mol. The van der Waals surface area contributed by atoms with E-state index >= 15 is 0 Å². The molecule has 0 aromatic carbocycles. The van der Waals surface area contributed by atoms with Crippen molar-refractivity contribution < 1.29 is 4.79 Å². The summed E-state index contributed by atoms with van der Waals surface area (Å²) in [4.78, 5) is 19.6. The Morgan fingerprint density at radius 3 is 3.00 bits per heavy atom. The molecule has 5 heteroatoms. The quantitative estimate of drug-likeness (QED) is 0.702. The van der Waals surface area contributed by atoms with Crippen molar-refractivity contribution in [2.45, 2.75) is 6.42 Å². The van der Waals surface area contributed by atoms with Crippen LogP contribution in [0.3, 0.4) is 0 Å². The zero-order chi connectivity index (χ0) is 9.68. The molecule has 1 aromatic heterocycles. The number of amides is 2. The molecule has 1 heterocycles. The minimum absolute atomic E-state index is 0.0773. The summed E-state index contributed by atoms with van der Waals surface area (Å²) in [6.07, 6.45) is 4.19. The SMILES string of the molecule is CN(C)C(=O)NCCc1ncc[nH]1. The van der Waals surface area contributed by atoms with Crippen molar-refractivity contribution in [3.8, 4) is 0 Å². The average Bonchev–Trinajstić information content (AvgIpc) is 2.56. The van der Waals surface area contributed by atoms with E-state index in [4.69, 9.17) is 0 Å². The van der Waals surface area contributed by atoms with Gasteiger partial charge in [-0.05, 0) is 0 Å². The molecule has 2 amide bonds. The number of H-pyrrole nitrogens is 1. The number of nitrogens with one attached hydrogen (secondary N) is 2. The highest BCUT2D eigenvalue weighted by molar-refractivity contribution is 5.73. The Bertz CT molecular complexity index is 255. The molecule has 0 radical (unpaired) electrons. The lowest BCUT2D eigenvalue weighted by atomic mass is 10.4. The van der Waals surface area contributed by atoms with Crippen LogP contribution in [0.5, 0.6) is 0 Å². The van der Waals surface area contributed by atoms with Gasteiger partial charge in [-0.15, -0.1) is 0 Å². The standard InChI is InChI=1S/C8H14N4O/c1-12(2)8(13)11-4-3-7-9-5-6-10-7/h5-6H,3-4H2,1-2H3,(H,9,10)(H,11,13). The first-order valence-corrected chi connectivity index (χ1v) is 4.13. The number of urea groups is 1. The lowest BCUT2D eigenvalue weighted by Gasteiger charge is -2.10. The lowest BCUT2D eigenvalue weighted by Crippen LogP contribution is -2.35. The highest BCUT2D eigenvalue weighted by Gasteiger charge is 2.01. The van der Waals surface area contributed by atoms with Crippen molar-refractivity contribution in [2.75, 3.05) is 20.6 Å². The van der Waals surface area contributed by atoms with Crippen LogP contribution in [0.4, 0.5) is 4.79 Å². The summed E-state index contributed by atoms with van der Waals surface area (Å²) in [5.41, 5.74) is 0. The van der Waals surface area contributed by atoms with Crippen LogP contribution in [0, 0.1) is 0 Å². The fraction of sp³-hybridized carbons (Fsp3) is 0.500. The van der Waals surface area contributed by atoms with E-state index in [1.165, 1.54) is 4.90 Å². The molecule has 0 saturated carbocycles. The molecule has 72 valence electrons. The van der Waals surface area contributed by atoms with Crippen LogP contribution in [0.15, 0.2) is 12.4 Å². The number of hydrogen-bond acceptors (Lipinski definition) is 2. The molecule has 0 saturated heterocycles. The number of imidazole rings is 1. The zero-order valence-electron chi connectivity index (χ0n) is 7.87. The van der Waals surface area contributed by atoms with Gasteiger partial charge in [-0.3, -0.25) is 0 Å². The largest absolute Gasteiger partial charge is 0.349 e. The Morgan fingerprint density at radius 1 is 1.69 bits per heavy atom. The van der Waals surface area contributed by atoms with Crippen molar-refractivity contribution in [3.05, 3.63) is 18.2 Å². The second-order valence-electron chi connectivity index (χ2n) is 2.91. The van der Waals surface area contributed by atoms with Gasteiger partial charge in [0, 0.05) is 39.5 Å². The summed E-state index contributed by atoms with van der Waals surface area (Å²) in [6, 6.07) is -0.0773. The molecule has 0 aliphatic heterocycles. The van der Waals surface area contributed by atoms with Crippen LogP contribution in [-0.2, 0) is 6.42 Å². The molecule has 0 aliphatic rings. The second-order valence-corrected chi connectivity index (χ2v) is 2.91. The third-order valence-electron chi connectivity index (χ3n) is 1.60. The first kappa shape index (κ1) is 9.57. The minimum atomic E-state index is -0.0773. The molecule has 1 aromatic rings. The zero-order valence-corrected chi connectivity index (χ0v) is 7.87. The van der Waals surface area contributed by atoms with Crippen LogP contribution in [0.2, 0.25) is 0 Å². The van der Waals surface area contributed by atoms with Gasteiger partial charge in [-0.25, -0.2) is 9.78 Å². The van der Waals surface area contributed by atoms with Crippen LogP contribution in [0.25, 0.3) is 0 Å². The summed E-state index contributed by atoms with van der Waals surface area (Å²) >= 11 is 0. The van der Waals surface area contributed by atoms with E-state index in [-0.39, 0.29) is 6.03 Å². The summed E-state index contributed by atoms with van der Waals surface area (Å²) < 4.78 is 0. The van der Waals surface area contributed by atoms with Gasteiger partial charge in [0.1, 0.15) is 5.82 Å². The third kappa shape index (κ3) is 3.14. The van der Waals surface area contributed by atoms with Crippen LogP contribution in [-0.4, -0.2) is 41.5 Å². The number of hydrogen-bond donors (Lipinski definition) is 2. The molecule has 13 heavy (non-hydrogen) atoms. The number of carbonyl (C=O) groups excluding carboxylic acids is 1. The molecule has 0 unspecified atom stereocenters. The van der Waals surface area contributed by atoms with Crippen molar-refractivity contribution in [2.24, 2.45) is 0 Å². The first-order valence-electron chi connectivity index (χ1n) is 4.13. The Kier molecular flexibility index (Phi) is 3.31. The highest BCUT2D eigenvalue weighted by atomic mass is 16.2. The number of aromatic amines is 1. The van der Waals surface area contributed by atoms with E-state index in [0.717, 1.165) is 12.2 Å². The normalized spacial score (nSPS) is 9.69. The van der Waals surface area contributed by atoms with E-state index in [1.54, 1.807) is 26.5 Å². The Balaban J connectivity index is 2.18. The number of rotatable bonds is 3. The number of carbonyl (C=O) groups is 1. The van der Waals surface area contributed by atoms with E-state index < -0.39 is 0 Å². The van der Waals surface area contributed by atoms with Crippen molar-refractivity contribution in [3.63, 3.8) is 0 Å². The van der Waals surface area contributed by atoms with Crippen LogP contribution < -0.4 is 5.32 Å². The van der Waals surface area contributed by atoms with Gasteiger partial charge in [0.15, 0.2) is 0 Å². The molecule has 0 fully saturated rings. The fourth-order valence-corrected chi connectivity index (χ4v) is 0.881. The van der Waals surface area contributed by atoms with Crippen molar-refractivity contribution in [1.82, 2.24) is 20.2 Å². The number of aromatic nitrogens is 2. The molecular formula is C8H14N4O. The predicted octanol–water partition coefficient (Wildman–Crippen LogP) is 0.223. The highest BCUT2D eigenvalue weighted by Crippen LogP contribution is 1.88. The summed E-state index contributed by atoms with van der Waals surface area (Å²) in [5, 5.41) is 2.75. The van der Waals surface area contributed by atoms with Crippen LogP contribution >= 0.6 is 0 Å². The Labute approximate surface area is 77.2 Å². The Hall–Kier alpha value is -1.52. The van der Waals surface area contributed by atoms with Crippen molar-refractivity contribution >= 4 is 6.03 Å². The molecule has 0 aliphatic carbocycles. The summed E-state index contributed by atoms with van der Waals surface area (Å²) in [6.45, 7) is 0.602. The molecule has 0 spiro atoms. The van der Waals surface area contributed by atoms with E-state index in [1.807, 2.05) is 0 Å².